The van der Waals surface area contributed by atoms with Crippen molar-refractivity contribution < 1.29 is 12.8 Å². The number of anilines is 2. The van der Waals surface area contributed by atoms with E-state index < -0.39 is 15.8 Å². The molecule has 7 heteroatoms. The number of aromatic nitrogens is 1. The zero-order valence-corrected chi connectivity index (χ0v) is 16.2. The first-order valence-corrected chi connectivity index (χ1v) is 10.6. The summed E-state index contributed by atoms with van der Waals surface area (Å²) in [7, 11) is -3.81. The van der Waals surface area contributed by atoms with E-state index in [0.29, 0.717) is 5.56 Å². The normalized spacial score (nSPS) is 14.5. The van der Waals surface area contributed by atoms with Crippen LogP contribution in [-0.2, 0) is 10.0 Å². The van der Waals surface area contributed by atoms with Gasteiger partial charge in [-0.05, 0) is 74.9 Å². The third-order valence-corrected chi connectivity index (χ3v) is 6.10. The van der Waals surface area contributed by atoms with E-state index in [0.717, 1.165) is 24.7 Å². The van der Waals surface area contributed by atoms with Crippen molar-refractivity contribution in [2.45, 2.75) is 43.9 Å². The standard InChI is InChI=1S/C20H24FN3O2S/c1-15-13-17(21)7-9-19(15)27(25,26)24-20-10-8-18(14-23-20)22-12-11-16-5-3-2-4-6-16/h5,7-10,13-14,22H,2-4,6,11-12H2,1H3,(H,23,24). The second kappa shape index (κ2) is 8.52. The number of sulfonamides is 1. The van der Waals surface area contributed by atoms with Crippen molar-refractivity contribution in [3.63, 3.8) is 0 Å². The summed E-state index contributed by atoms with van der Waals surface area (Å²) in [6.07, 6.45) is 9.87. The number of rotatable bonds is 7. The number of nitrogens with one attached hydrogen (secondary N) is 2. The molecule has 2 aromatic rings. The molecule has 1 aliphatic carbocycles. The summed E-state index contributed by atoms with van der Waals surface area (Å²) < 4.78 is 40.6. The van der Waals surface area contributed by atoms with Gasteiger partial charge in [0, 0.05) is 6.54 Å². The lowest BCUT2D eigenvalue weighted by molar-refractivity contribution is 0.598. The Morgan fingerprint density at radius 3 is 2.70 bits per heavy atom. The first-order valence-electron chi connectivity index (χ1n) is 9.11. The highest BCUT2D eigenvalue weighted by Gasteiger charge is 2.17. The molecule has 0 unspecified atom stereocenters. The van der Waals surface area contributed by atoms with Crippen LogP contribution in [0.5, 0.6) is 0 Å². The highest BCUT2D eigenvalue weighted by Crippen LogP contribution is 2.21. The van der Waals surface area contributed by atoms with Crippen molar-refractivity contribution >= 4 is 21.5 Å². The Balaban J connectivity index is 1.59. The fourth-order valence-electron chi connectivity index (χ4n) is 3.16. The van der Waals surface area contributed by atoms with Crippen LogP contribution in [0, 0.1) is 12.7 Å². The van der Waals surface area contributed by atoms with E-state index in [1.54, 1.807) is 25.3 Å². The summed E-state index contributed by atoms with van der Waals surface area (Å²) in [4.78, 5) is 4.20. The fourth-order valence-corrected chi connectivity index (χ4v) is 4.40. The number of halogens is 1. The minimum absolute atomic E-state index is 0.0358. The molecule has 0 radical (unpaired) electrons. The Labute approximate surface area is 159 Å². The Kier molecular flexibility index (Phi) is 6.11. The number of nitrogens with zero attached hydrogens (tertiary/aromatic N) is 1. The van der Waals surface area contributed by atoms with Gasteiger partial charge in [0.15, 0.2) is 0 Å². The number of hydrogen-bond acceptors (Lipinski definition) is 4. The lowest BCUT2D eigenvalue weighted by Gasteiger charge is -2.14. The molecular weight excluding hydrogens is 365 g/mol. The molecule has 3 rings (SSSR count). The topological polar surface area (TPSA) is 71.1 Å². The lowest BCUT2D eigenvalue weighted by atomic mass is 9.97. The van der Waals surface area contributed by atoms with Crippen LogP contribution >= 0.6 is 0 Å². The Morgan fingerprint density at radius 2 is 2.04 bits per heavy atom. The van der Waals surface area contributed by atoms with Crippen LogP contribution in [0.3, 0.4) is 0 Å². The SMILES string of the molecule is Cc1cc(F)ccc1S(=O)(=O)Nc1ccc(NCCC2=CCCCC2)cn1. The predicted octanol–water partition coefficient (Wildman–Crippen LogP) is 4.63. The Bertz CT molecular complexity index is 925. The summed E-state index contributed by atoms with van der Waals surface area (Å²) in [5, 5.41) is 3.31. The number of benzene rings is 1. The quantitative estimate of drug-likeness (QED) is 0.677. The average Bonchev–Trinajstić information content (AvgIpc) is 2.63. The zero-order chi connectivity index (χ0) is 19.3. The minimum atomic E-state index is -3.81. The minimum Gasteiger partial charge on any atom is -0.383 e. The zero-order valence-electron chi connectivity index (χ0n) is 15.3. The molecule has 0 saturated heterocycles. The maximum Gasteiger partial charge on any atom is 0.263 e. The number of pyridine rings is 1. The maximum absolute atomic E-state index is 13.2. The van der Waals surface area contributed by atoms with Crippen LogP contribution in [0.15, 0.2) is 53.1 Å². The fraction of sp³-hybridized carbons (Fsp3) is 0.350. The first-order chi connectivity index (χ1) is 12.9. The van der Waals surface area contributed by atoms with Crippen LogP contribution in [0.1, 0.15) is 37.7 Å². The highest BCUT2D eigenvalue weighted by molar-refractivity contribution is 7.92. The summed E-state index contributed by atoms with van der Waals surface area (Å²) in [6, 6.07) is 6.97. The molecule has 0 atom stereocenters. The highest BCUT2D eigenvalue weighted by atomic mass is 32.2. The van der Waals surface area contributed by atoms with Crippen LogP contribution in [0.2, 0.25) is 0 Å². The Hall–Kier alpha value is -2.41. The number of hydrogen-bond donors (Lipinski definition) is 2. The molecule has 1 heterocycles. The van der Waals surface area contributed by atoms with E-state index in [1.807, 2.05) is 0 Å². The molecule has 1 aliphatic rings. The van der Waals surface area contributed by atoms with E-state index in [1.165, 1.54) is 43.4 Å². The van der Waals surface area contributed by atoms with Gasteiger partial charge >= 0.3 is 0 Å². The number of aryl methyl sites for hydroxylation is 1. The molecule has 1 aromatic heterocycles. The summed E-state index contributed by atoms with van der Waals surface area (Å²) in [5.41, 5.74) is 2.69. The van der Waals surface area contributed by atoms with Crippen LogP contribution in [0.4, 0.5) is 15.9 Å². The van der Waals surface area contributed by atoms with E-state index in [4.69, 9.17) is 0 Å². The second-order valence-corrected chi connectivity index (χ2v) is 8.38. The second-order valence-electron chi connectivity index (χ2n) is 6.73. The molecule has 5 nitrogen and oxygen atoms in total. The molecule has 0 bridgehead atoms. The van der Waals surface area contributed by atoms with Gasteiger partial charge in [-0.1, -0.05) is 11.6 Å². The number of allylic oxidation sites excluding steroid dienone is 1. The first kappa shape index (κ1) is 19.4. The average molecular weight is 389 g/mol. The van der Waals surface area contributed by atoms with Gasteiger partial charge in [0.1, 0.15) is 11.6 Å². The van der Waals surface area contributed by atoms with Crippen molar-refractivity contribution in [3.05, 3.63) is 59.6 Å². The molecule has 0 amide bonds. The van der Waals surface area contributed by atoms with Gasteiger partial charge < -0.3 is 5.32 Å². The van der Waals surface area contributed by atoms with Crippen LogP contribution in [0.25, 0.3) is 0 Å². The van der Waals surface area contributed by atoms with Crippen molar-refractivity contribution in [2.24, 2.45) is 0 Å². The predicted molar refractivity (Wildman–Crippen MR) is 106 cm³/mol. The largest absolute Gasteiger partial charge is 0.383 e. The van der Waals surface area contributed by atoms with E-state index in [2.05, 4.69) is 21.1 Å². The lowest BCUT2D eigenvalue weighted by Crippen LogP contribution is -2.15. The van der Waals surface area contributed by atoms with E-state index in [-0.39, 0.29) is 10.7 Å². The summed E-state index contributed by atoms with van der Waals surface area (Å²) in [6.45, 7) is 2.38. The molecule has 1 aromatic carbocycles. The third kappa shape index (κ3) is 5.29. The van der Waals surface area contributed by atoms with Gasteiger partial charge in [0.2, 0.25) is 0 Å². The van der Waals surface area contributed by atoms with E-state index >= 15 is 0 Å². The molecule has 0 aliphatic heterocycles. The van der Waals surface area contributed by atoms with Gasteiger partial charge in [-0.3, -0.25) is 4.72 Å². The van der Waals surface area contributed by atoms with Crippen LogP contribution < -0.4 is 10.0 Å². The van der Waals surface area contributed by atoms with Gasteiger partial charge in [-0.25, -0.2) is 17.8 Å². The summed E-state index contributed by atoms with van der Waals surface area (Å²) >= 11 is 0. The van der Waals surface area contributed by atoms with Gasteiger partial charge in [0.25, 0.3) is 10.0 Å². The maximum atomic E-state index is 13.2. The smallest absolute Gasteiger partial charge is 0.263 e. The molecule has 0 saturated carbocycles. The van der Waals surface area contributed by atoms with Crippen molar-refractivity contribution in [1.82, 2.24) is 4.98 Å². The monoisotopic (exact) mass is 389 g/mol. The van der Waals surface area contributed by atoms with Gasteiger partial charge in [0.05, 0.1) is 16.8 Å². The van der Waals surface area contributed by atoms with Crippen molar-refractivity contribution in [3.8, 4) is 0 Å². The third-order valence-electron chi connectivity index (χ3n) is 4.59. The molecule has 2 N–H and O–H groups in total. The van der Waals surface area contributed by atoms with Crippen molar-refractivity contribution in [1.29, 1.82) is 0 Å². The molecule has 0 fully saturated rings. The Morgan fingerprint density at radius 1 is 1.19 bits per heavy atom. The van der Waals surface area contributed by atoms with Crippen molar-refractivity contribution in [2.75, 3.05) is 16.6 Å². The summed E-state index contributed by atoms with van der Waals surface area (Å²) in [5.74, 6) is -0.247. The molecule has 0 spiro atoms. The molecule has 27 heavy (non-hydrogen) atoms. The van der Waals surface area contributed by atoms with Gasteiger partial charge in [-0.2, -0.15) is 0 Å². The van der Waals surface area contributed by atoms with Crippen LogP contribution in [-0.4, -0.2) is 19.9 Å². The molecular formula is C20H24FN3O2S. The van der Waals surface area contributed by atoms with Gasteiger partial charge in [-0.15, -0.1) is 0 Å². The van der Waals surface area contributed by atoms with E-state index in [9.17, 15) is 12.8 Å². The molecule has 144 valence electrons.